The van der Waals surface area contributed by atoms with Crippen LogP contribution in [0.5, 0.6) is 0 Å². The van der Waals surface area contributed by atoms with E-state index >= 15 is 0 Å². The number of benzene rings is 1. The van der Waals surface area contributed by atoms with Gasteiger partial charge in [-0.05, 0) is 107 Å². The van der Waals surface area contributed by atoms with Crippen LogP contribution in [0.4, 0.5) is 0 Å². The molecule has 0 saturated carbocycles. The molecule has 0 bridgehead atoms. The topological polar surface area (TPSA) is 101 Å². The van der Waals surface area contributed by atoms with Crippen LogP contribution in [0.2, 0.25) is 0 Å². The molecule has 9 nitrogen and oxygen atoms in total. The first-order chi connectivity index (χ1) is 24.5. The third-order valence-corrected chi connectivity index (χ3v) is 10.4. The molecule has 2 aromatic rings. The molecule has 0 spiro atoms. The number of esters is 1. The number of aromatic nitrogens is 1. The number of hydrogen-bond acceptors (Lipinski definition) is 6. The fraction of sp³-hybridized carbons (Fsp3) is 0.512. The maximum absolute atomic E-state index is 12.6. The number of ether oxygens (including phenoxy) is 1. The van der Waals surface area contributed by atoms with E-state index in [9.17, 15) is 17.8 Å². The van der Waals surface area contributed by atoms with Crippen LogP contribution < -0.4 is 0 Å². The van der Waals surface area contributed by atoms with Gasteiger partial charge in [-0.25, -0.2) is 4.79 Å². The first kappa shape index (κ1) is 42.5. The number of carbonyl (C=O) groups excluding carboxylic acids is 1. The van der Waals surface area contributed by atoms with Crippen LogP contribution in [-0.2, 0) is 21.3 Å². The summed E-state index contributed by atoms with van der Waals surface area (Å²) < 4.78 is 40.0. The molecule has 0 atom stereocenters. The van der Waals surface area contributed by atoms with E-state index < -0.39 is 17.0 Å². The molecule has 0 amide bonds. The summed E-state index contributed by atoms with van der Waals surface area (Å²) in [6.45, 7) is 19.2. The van der Waals surface area contributed by atoms with Crippen molar-refractivity contribution in [2.75, 3.05) is 59.7 Å². The fourth-order valence-corrected chi connectivity index (χ4v) is 7.44. The van der Waals surface area contributed by atoms with E-state index in [0.29, 0.717) is 42.7 Å². The normalized spacial score (nSPS) is 14.1. The van der Waals surface area contributed by atoms with Crippen molar-refractivity contribution in [1.29, 1.82) is 0 Å². The number of quaternary nitrogens is 1. The van der Waals surface area contributed by atoms with Crippen molar-refractivity contribution < 1.29 is 27.0 Å². The van der Waals surface area contributed by atoms with Gasteiger partial charge in [0.2, 0.25) is 0 Å². The van der Waals surface area contributed by atoms with Gasteiger partial charge in [-0.3, -0.25) is 14.4 Å². The predicted molar refractivity (Wildman–Crippen MR) is 215 cm³/mol. The van der Waals surface area contributed by atoms with E-state index in [1.165, 1.54) is 11.1 Å². The summed E-state index contributed by atoms with van der Waals surface area (Å²) in [5.41, 5.74) is 11.1. The quantitative estimate of drug-likeness (QED) is 0.0747. The predicted octanol–water partition coefficient (Wildman–Crippen LogP) is 6.43. The zero-order valence-electron chi connectivity index (χ0n) is 33.2. The van der Waals surface area contributed by atoms with Crippen molar-refractivity contribution in [2.24, 2.45) is 4.99 Å². The summed E-state index contributed by atoms with van der Waals surface area (Å²) in [5, 5.41) is 0. The zero-order chi connectivity index (χ0) is 38.8. The van der Waals surface area contributed by atoms with Gasteiger partial charge in [0.1, 0.15) is 6.54 Å². The van der Waals surface area contributed by atoms with Crippen LogP contribution in [0.25, 0.3) is 5.57 Å². The molecular weight excluding hydrogens is 671 g/mol. The molecule has 1 aromatic carbocycles. The Morgan fingerprint density at radius 1 is 1.00 bits per heavy atom. The average molecular weight is 730 g/mol. The molecule has 1 aliphatic rings. The number of hydrogen-bond donors (Lipinski definition) is 1. The second-order valence-corrected chi connectivity index (χ2v) is 15.7. The van der Waals surface area contributed by atoms with Gasteiger partial charge in [-0.2, -0.15) is 8.42 Å². The van der Waals surface area contributed by atoms with Crippen molar-refractivity contribution in [3.05, 3.63) is 74.8 Å². The Bertz CT molecular complexity index is 1950. The lowest BCUT2D eigenvalue weighted by Crippen LogP contribution is -2.41. The molecule has 0 fully saturated rings. The zero-order valence-corrected chi connectivity index (χ0v) is 34.1. The second kappa shape index (κ2) is 18.8. The van der Waals surface area contributed by atoms with Gasteiger partial charge in [0.05, 0.1) is 50.8 Å². The summed E-state index contributed by atoms with van der Waals surface area (Å²) in [6, 6.07) is 7.59. The fourth-order valence-electron chi connectivity index (χ4n) is 6.94. The van der Waals surface area contributed by atoms with Gasteiger partial charge in [0.15, 0.2) is 0 Å². The number of rotatable bonds is 15. The lowest BCUT2D eigenvalue weighted by atomic mass is 9.63. The maximum atomic E-state index is 12.6. The highest BCUT2D eigenvalue weighted by atomic mass is 32.2. The number of carbonyl (C=O) groups is 1. The summed E-state index contributed by atoms with van der Waals surface area (Å²) in [5.74, 6) is 13.3. The Morgan fingerprint density at radius 2 is 1.63 bits per heavy atom. The standard InChI is InChI=1S/C41H57BN4O5S/c1-12-25-44(9)26-16-23-42(24-17-27-46(10,11)28-18-29-52(48,49)50)45-33(8)37(14-3)31(6)40(45)38(39-30(5)36(13-2)32(7)43-39)34-19-21-35(22-20-34)41(47)51-15-4/h19-22H,12-15,18,25-29H2,1-11H3/p+1/b39-38-. The largest absolute Gasteiger partial charge is 0.462 e. The first-order valence-corrected chi connectivity index (χ1v) is 20.0. The van der Waals surface area contributed by atoms with Gasteiger partial charge in [-0.15, -0.1) is 11.6 Å². The molecule has 1 aliphatic heterocycles. The van der Waals surface area contributed by atoms with Crippen molar-refractivity contribution in [1.82, 2.24) is 9.38 Å². The van der Waals surface area contributed by atoms with Crippen molar-refractivity contribution in [3.63, 3.8) is 0 Å². The van der Waals surface area contributed by atoms with Gasteiger partial charge >= 0.3 is 12.8 Å². The second-order valence-electron chi connectivity index (χ2n) is 14.2. The minimum Gasteiger partial charge on any atom is -0.462 e. The van der Waals surface area contributed by atoms with E-state index in [0.717, 1.165) is 70.9 Å². The Morgan fingerprint density at radius 3 is 2.19 bits per heavy atom. The first-order valence-electron chi connectivity index (χ1n) is 18.4. The highest BCUT2D eigenvalue weighted by Crippen LogP contribution is 2.40. The lowest BCUT2D eigenvalue weighted by Gasteiger charge is -2.27. The highest BCUT2D eigenvalue weighted by Gasteiger charge is 2.31. The van der Waals surface area contributed by atoms with Gasteiger partial charge in [0.25, 0.3) is 10.1 Å². The molecule has 1 aromatic heterocycles. The maximum Gasteiger partial charge on any atom is 0.433 e. The average Bonchev–Trinajstić information content (AvgIpc) is 3.49. The highest BCUT2D eigenvalue weighted by molar-refractivity contribution is 7.85. The van der Waals surface area contributed by atoms with Gasteiger partial charge in [-0.1, -0.05) is 44.7 Å². The Balaban J connectivity index is 2.34. The van der Waals surface area contributed by atoms with Crippen LogP contribution in [-0.4, -0.2) is 105 Å². The van der Waals surface area contributed by atoms with Crippen molar-refractivity contribution >= 4 is 34.2 Å². The summed E-state index contributed by atoms with van der Waals surface area (Å²) in [7, 11) is 2.06. The number of nitrogens with zero attached hydrogens (tertiary/aromatic N) is 4. The molecule has 0 saturated heterocycles. The van der Waals surface area contributed by atoms with Crippen LogP contribution in [0.1, 0.15) is 99.2 Å². The van der Waals surface area contributed by atoms with Crippen LogP contribution >= 0.6 is 0 Å². The molecule has 0 aliphatic carbocycles. The van der Waals surface area contributed by atoms with Gasteiger partial charge < -0.3 is 13.7 Å². The number of allylic oxidation sites excluding steroid dienone is 2. The molecule has 0 radical (unpaired) electrons. The summed E-state index contributed by atoms with van der Waals surface area (Å²) in [6.07, 6.45) is 3.05. The molecule has 52 heavy (non-hydrogen) atoms. The van der Waals surface area contributed by atoms with E-state index in [1.54, 1.807) is 6.92 Å². The Kier molecular flexibility index (Phi) is 15.3. The minimum atomic E-state index is -4.02. The molecular formula is C41H58BN4O5S+. The van der Waals surface area contributed by atoms with Gasteiger partial charge in [0, 0.05) is 29.1 Å². The van der Waals surface area contributed by atoms with E-state index in [2.05, 4.69) is 88.4 Å². The van der Waals surface area contributed by atoms with E-state index in [-0.39, 0.29) is 11.7 Å². The Hall–Kier alpha value is -3.87. The van der Waals surface area contributed by atoms with Crippen LogP contribution in [0, 0.1) is 37.3 Å². The molecule has 11 heteroatoms. The lowest BCUT2D eigenvalue weighted by molar-refractivity contribution is -0.883. The van der Waals surface area contributed by atoms with Crippen LogP contribution in [0.15, 0.2) is 46.1 Å². The minimum absolute atomic E-state index is 0.278. The molecule has 3 rings (SSSR count). The van der Waals surface area contributed by atoms with E-state index in [4.69, 9.17) is 9.73 Å². The molecule has 280 valence electrons. The van der Waals surface area contributed by atoms with Crippen molar-refractivity contribution in [3.8, 4) is 23.5 Å². The SMILES string of the molecule is CCCN(C)CC#CB(C#CC[N+](C)(C)CCCS(=O)(=O)O)n1c(C)c(CC)c(C)c1/C(=C1\N=C(C)C(CC)=C1C)c1ccc(C(=O)OCC)cc1. The third kappa shape index (κ3) is 10.8. The number of aliphatic imine (C=N–C) groups is 1. The van der Waals surface area contributed by atoms with E-state index in [1.807, 2.05) is 38.4 Å². The monoisotopic (exact) mass is 729 g/mol. The summed E-state index contributed by atoms with van der Waals surface area (Å²) in [4.78, 5) is 20.0. The van der Waals surface area contributed by atoms with Crippen molar-refractivity contribution in [2.45, 2.75) is 81.1 Å². The smallest absolute Gasteiger partial charge is 0.433 e. The molecule has 2 heterocycles. The van der Waals surface area contributed by atoms with Crippen LogP contribution in [0.3, 0.4) is 0 Å². The molecule has 1 N–H and O–H groups in total. The molecule has 0 unspecified atom stereocenters. The third-order valence-electron chi connectivity index (χ3n) is 9.60. The summed E-state index contributed by atoms with van der Waals surface area (Å²) >= 11 is 0. The Labute approximate surface area is 313 Å².